The third-order valence-electron chi connectivity index (χ3n) is 3.11. The average molecular weight is 260 g/mol. The van der Waals surface area contributed by atoms with Gasteiger partial charge in [-0.05, 0) is 23.3 Å². The van der Waals surface area contributed by atoms with Crippen LogP contribution in [0.4, 0.5) is 0 Å². The van der Waals surface area contributed by atoms with Gasteiger partial charge in [0.2, 0.25) is 0 Å². The van der Waals surface area contributed by atoms with Crippen molar-refractivity contribution in [2.24, 2.45) is 0 Å². The molecule has 1 atom stereocenters. The maximum atomic E-state index is 10.4. The van der Waals surface area contributed by atoms with E-state index in [1.807, 2.05) is 43.3 Å². The third-order valence-corrected chi connectivity index (χ3v) is 3.11. The zero-order valence-electron chi connectivity index (χ0n) is 11.4. The average Bonchev–Trinajstić information content (AvgIpc) is 2.46. The molecule has 0 aliphatic rings. The van der Waals surface area contributed by atoms with Gasteiger partial charge in [-0.25, -0.2) is 0 Å². The zero-order valence-corrected chi connectivity index (χ0v) is 11.4. The summed E-state index contributed by atoms with van der Waals surface area (Å²) in [4.78, 5) is 0. The van der Waals surface area contributed by atoms with Crippen LogP contribution < -0.4 is 4.74 Å². The number of rotatable bonds is 6. The van der Waals surface area contributed by atoms with Crippen LogP contribution in [0.1, 0.15) is 25.0 Å². The van der Waals surface area contributed by atoms with Crippen molar-refractivity contribution in [1.29, 1.82) is 0 Å². The van der Waals surface area contributed by atoms with Crippen LogP contribution >= 0.6 is 0 Å². The molecule has 0 amide bonds. The number of benzene rings is 2. The molecule has 19 heavy (non-hydrogen) atoms. The Bertz CT molecular complexity index is 537. The molecule has 0 aromatic heterocycles. The van der Waals surface area contributed by atoms with Gasteiger partial charge in [0.05, 0.1) is 13.7 Å². The molecular formula is C16H20O3. The van der Waals surface area contributed by atoms with Crippen molar-refractivity contribution in [3.63, 3.8) is 0 Å². The Morgan fingerprint density at radius 1 is 1.16 bits per heavy atom. The summed E-state index contributed by atoms with van der Waals surface area (Å²) < 4.78 is 10.8. The lowest BCUT2D eigenvalue weighted by Gasteiger charge is -2.17. The maximum absolute atomic E-state index is 10.4. The number of hydrogen-bond donors (Lipinski definition) is 1. The van der Waals surface area contributed by atoms with Crippen molar-refractivity contribution in [3.05, 3.63) is 42.0 Å². The fourth-order valence-electron chi connectivity index (χ4n) is 2.22. The molecule has 2 aromatic rings. The van der Waals surface area contributed by atoms with Gasteiger partial charge in [0.15, 0.2) is 0 Å². The molecule has 2 aromatic carbocycles. The van der Waals surface area contributed by atoms with Crippen LogP contribution in [0.5, 0.6) is 5.75 Å². The van der Waals surface area contributed by atoms with Crippen LogP contribution in [0.3, 0.4) is 0 Å². The lowest BCUT2D eigenvalue weighted by atomic mass is 9.99. The second-order valence-electron chi connectivity index (χ2n) is 4.49. The summed E-state index contributed by atoms with van der Waals surface area (Å²) in [5.74, 6) is 0.700. The minimum Gasteiger partial charge on any atom is -0.496 e. The Labute approximate surface area is 113 Å². The van der Waals surface area contributed by atoms with Crippen molar-refractivity contribution in [2.45, 2.75) is 19.4 Å². The Morgan fingerprint density at radius 3 is 2.68 bits per heavy atom. The highest BCUT2D eigenvalue weighted by molar-refractivity contribution is 5.88. The first-order valence-electron chi connectivity index (χ1n) is 6.59. The number of aliphatic hydroxyl groups excluding tert-OH is 1. The van der Waals surface area contributed by atoms with Gasteiger partial charge in [-0.2, -0.15) is 0 Å². The molecule has 0 saturated carbocycles. The third kappa shape index (κ3) is 3.06. The quantitative estimate of drug-likeness (QED) is 0.810. The number of ether oxygens (including phenoxy) is 2. The fourth-order valence-corrected chi connectivity index (χ4v) is 2.22. The molecule has 3 heteroatoms. The summed E-state index contributed by atoms with van der Waals surface area (Å²) in [7, 11) is 1.62. The molecule has 0 spiro atoms. The molecule has 0 bridgehead atoms. The number of aliphatic hydroxyl groups is 1. The Hall–Kier alpha value is -1.58. The second kappa shape index (κ2) is 6.55. The lowest BCUT2D eigenvalue weighted by molar-refractivity contribution is 0.0359. The summed E-state index contributed by atoms with van der Waals surface area (Å²) in [6, 6.07) is 11.9. The summed E-state index contributed by atoms with van der Waals surface area (Å²) in [6.45, 7) is 2.99. The van der Waals surface area contributed by atoms with Crippen LogP contribution in [-0.4, -0.2) is 25.4 Å². The molecule has 0 radical (unpaired) electrons. The molecule has 0 aliphatic heterocycles. The predicted molar refractivity (Wildman–Crippen MR) is 76.6 cm³/mol. The molecule has 1 unspecified atom stereocenters. The molecule has 2 rings (SSSR count). The van der Waals surface area contributed by atoms with Gasteiger partial charge in [-0.15, -0.1) is 0 Å². The Morgan fingerprint density at radius 2 is 1.95 bits per heavy atom. The molecule has 3 nitrogen and oxygen atoms in total. The first-order chi connectivity index (χ1) is 9.27. The highest BCUT2D eigenvalue weighted by atomic mass is 16.5. The molecule has 1 N–H and O–H groups in total. The largest absolute Gasteiger partial charge is 0.496 e. The molecule has 0 saturated heterocycles. The van der Waals surface area contributed by atoms with Crippen LogP contribution in [0.2, 0.25) is 0 Å². The van der Waals surface area contributed by atoms with Gasteiger partial charge in [0, 0.05) is 12.2 Å². The van der Waals surface area contributed by atoms with Gasteiger partial charge < -0.3 is 14.6 Å². The Balaban J connectivity index is 2.37. The SMILES string of the molecule is CCCOCC(O)c1c(OC)ccc2ccccc12. The summed E-state index contributed by atoms with van der Waals surface area (Å²) in [5, 5.41) is 12.5. The van der Waals surface area contributed by atoms with E-state index >= 15 is 0 Å². The van der Waals surface area contributed by atoms with E-state index in [0.29, 0.717) is 12.4 Å². The van der Waals surface area contributed by atoms with Gasteiger partial charge in [0.25, 0.3) is 0 Å². The lowest BCUT2D eigenvalue weighted by Crippen LogP contribution is -2.09. The summed E-state index contributed by atoms with van der Waals surface area (Å²) in [5.41, 5.74) is 0.803. The van der Waals surface area contributed by atoms with E-state index in [4.69, 9.17) is 9.47 Å². The fraction of sp³-hybridized carbons (Fsp3) is 0.375. The van der Waals surface area contributed by atoms with Crippen molar-refractivity contribution >= 4 is 10.8 Å². The minimum atomic E-state index is -0.674. The van der Waals surface area contributed by atoms with E-state index < -0.39 is 6.10 Å². The van der Waals surface area contributed by atoms with Gasteiger partial charge in [0.1, 0.15) is 11.9 Å². The molecule has 0 aliphatic carbocycles. The van der Waals surface area contributed by atoms with E-state index in [-0.39, 0.29) is 6.61 Å². The van der Waals surface area contributed by atoms with E-state index in [9.17, 15) is 5.11 Å². The zero-order chi connectivity index (χ0) is 13.7. The van der Waals surface area contributed by atoms with Crippen LogP contribution in [0.15, 0.2) is 36.4 Å². The highest BCUT2D eigenvalue weighted by Gasteiger charge is 2.16. The van der Waals surface area contributed by atoms with E-state index in [2.05, 4.69) is 0 Å². The molecule has 0 heterocycles. The monoisotopic (exact) mass is 260 g/mol. The minimum absolute atomic E-state index is 0.290. The smallest absolute Gasteiger partial charge is 0.125 e. The molecular weight excluding hydrogens is 240 g/mol. The summed E-state index contributed by atoms with van der Waals surface area (Å²) >= 11 is 0. The maximum Gasteiger partial charge on any atom is 0.125 e. The van der Waals surface area contributed by atoms with Gasteiger partial charge in [-0.1, -0.05) is 37.3 Å². The van der Waals surface area contributed by atoms with Gasteiger partial charge in [-0.3, -0.25) is 0 Å². The Kier molecular flexibility index (Phi) is 4.77. The first kappa shape index (κ1) is 13.8. The van der Waals surface area contributed by atoms with Crippen molar-refractivity contribution in [2.75, 3.05) is 20.3 Å². The van der Waals surface area contributed by atoms with Crippen LogP contribution in [-0.2, 0) is 4.74 Å². The van der Waals surface area contributed by atoms with Crippen LogP contribution in [0, 0.1) is 0 Å². The standard InChI is InChI=1S/C16H20O3/c1-3-10-19-11-14(17)16-13-7-5-4-6-12(13)8-9-15(16)18-2/h4-9,14,17H,3,10-11H2,1-2H3. The van der Waals surface area contributed by atoms with E-state index in [0.717, 1.165) is 22.8 Å². The van der Waals surface area contributed by atoms with Crippen molar-refractivity contribution in [3.8, 4) is 5.75 Å². The number of methoxy groups -OCH3 is 1. The summed E-state index contributed by atoms with van der Waals surface area (Å²) in [6.07, 6.45) is 0.270. The topological polar surface area (TPSA) is 38.7 Å². The number of hydrogen-bond acceptors (Lipinski definition) is 3. The molecule has 0 fully saturated rings. The normalized spacial score (nSPS) is 12.6. The molecule has 102 valence electrons. The first-order valence-corrected chi connectivity index (χ1v) is 6.59. The predicted octanol–water partition coefficient (Wildman–Crippen LogP) is 3.31. The van der Waals surface area contributed by atoms with Gasteiger partial charge >= 0.3 is 0 Å². The second-order valence-corrected chi connectivity index (χ2v) is 4.49. The van der Waals surface area contributed by atoms with Crippen molar-refractivity contribution < 1.29 is 14.6 Å². The van der Waals surface area contributed by atoms with E-state index in [1.165, 1.54) is 0 Å². The van der Waals surface area contributed by atoms with Crippen molar-refractivity contribution in [1.82, 2.24) is 0 Å². The number of fused-ring (bicyclic) bond motifs is 1. The highest BCUT2D eigenvalue weighted by Crippen LogP contribution is 2.33. The van der Waals surface area contributed by atoms with Crippen LogP contribution in [0.25, 0.3) is 10.8 Å². The van der Waals surface area contributed by atoms with E-state index in [1.54, 1.807) is 7.11 Å².